The Balaban J connectivity index is 2.38. The number of ether oxygens (including phenoxy) is 1. The molecule has 0 unspecified atom stereocenters. The van der Waals surface area contributed by atoms with Crippen molar-refractivity contribution in [3.05, 3.63) is 53.6 Å². The molecule has 0 bridgehead atoms. The molecule has 0 aliphatic carbocycles. The second-order valence-corrected chi connectivity index (χ2v) is 6.67. The third kappa shape index (κ3) is 3.59. The van der Waals surface area contributed by atoms with Gasteiger partial charge in [0, 0.05) is 4.90 Å². The van der Waals surface area contributed by atoms with Gasteiger partial charge in [0.2, 0.25) is 0 Å². The van der Waals surface area contributed by atoms with Gasteiger partial charge < -0.3 is 4.74 Å². The fraction of sp³-hybridized carbons (Fsp3) is 0.278. The van der Waals surface area contributed by atoms with Gasteiger partial charge in [-0.05, 0) is 41.5 Å². The molecular weight excluding hydrogens is 278 g/mol. The molecule has 2 nitrogen and oxygen atoms in total. The largest absolute Gasteiger partial charge is 0.456 e. The molecule has 0 heterocycles. The Bertz CT molecular complexity index is 680. The summed E-state index contributed by atoms with van der Waals surface area (Å²) in [5.74, 6) is 1.37. The van der Waals surface area contributed by atoms with Crippen LogP contribution in [0, 0.1) is 11.3 Å². The van der Waals surface area contributed by atoms with Gasteiger partial charge in [0.05, 0.1) is 0 Å². The Kier molecular flexibility index (Phi) is 4.59. The molecule has 2 aromatic rings. The highest BCUT2D eigenvalue weighted by atomic mass is 32.2. The summed E-state index contributed by atoms with van der Waals surface area (Å²) in [5.41, 5.74) is 1.86. The summed E-state index contributed by atoms with van der Waals surface area (Å²) in [5, 5.41) is 9.35. The highest BCUT2D eigenvalue weighted by Gasteiger charge is 2.15. The van der Waals surface area contributed by atoms with Crippen molar-refractivity contribution in [2.24, 2.45) is 0 Å². The lowest BCUT2D eigenvalue weighted by Crippen LogP contribution is -2.10. The zero-order valence-corrected chi connectivity index (χ0v) is 13.6. The standard InChI is InChI=1S/C18H19NOS/c1-18(2,3)13-7-5-8-14(11-13)20-16-9-6-10-17(21-4)15(16)12-19/h5-11H,1-4H3. The zero-order valence-electron chi connectivity index (χ0n) is 12.8. The van der Waals surface area contributed by atoms with E-state index in [-0.39, 0.29) is 5.41 Å². The summed E-state index contributed by atoms with van der Waals surface area (Å²) < 4.78 is 5.94. The van der Waals surface area contributed by atoms with E-state index in [1.54, 1.807) is 11.8 Å². The van der Waals surface area contributed by atoms with E-state index in [4.69, 9.17) is 4.74 Å². The molecule has 2 rings (SSSR count). The lowest BCUT2D eigenvalue weighted by atomic mass is 9.87. The van der Waals surface area contributed by atoms with Crippen LogP contribution in [-0.4, -0.2) is 6.26 Å². The molecule has 21 heavy (non-hydrogen) atoms. The molecule has 108 valence electrons. The summed E-state index contributed by atoms with van der Waals surface area (Å²) in [7, 11) is 0. The van der Waals surface area contributed by atoms with Crippen LogP contribution in [0.15, 0.2) is 47.4 Å². The Morgan fingerprint density at radius 2 is 1.81 bits per heavy atom. The van der Waals surface area contributed by atoms with Crippen molar-refractivity contribution in [3.8, 4) is 17.6 Å². The molecule has 3 heteroatoms. The molecule has 0 saturated carbocycles. The van der Waals surface area contributed by atoms with Gasteiger partial charge in [-0.25, -0.2) is 0 Å². The van der Waals surface area contributed by atoms with E-state index in [1.165, 1.54) is 5.56 Å². The van der Waals surface area contributed by atoms with Crippen LogP contribution in [0.5, 0.6) is 11.5 Å². The van der Waals surface area contributed by atoms with Gasteiger partial charge in [-0.1, -0.05) is 39.0 Å². The fourth-order valence-electron chi connectivity index (χ4n) is 2.03. The Morgan fingerprint density at radius 1 is 1.10 bits per heavy atom. The first-order chi connectivity index (χ1) is 9.95. The summed E-state index contributed by atoms with van der Waals surface area (Å²) in [6.45, 7) is 6.50. The van der Waals surface area contributed by atoms with Crippen molar-refractivity contribution in [2.45, 2.75) is 31.1 Å². The van der Waals surface area contributed by atoms with Crippen molar-refractivity contribution in [1.82, 2.24) is 0 Å². The van der Waals surface area contributed by atoms with Crippen molar-refractivity contribution < 1.29 is 4.74 Å². The predicted molar refractivity (Wildman–Crippen MR) is 88.2 cm³/mol. The lowest BCUT2D eigenvalue weighted by molar-refractivity contribution is 0.475. The van der Waals surface area contributed by atoms with E-state index in [0.717, 1.165) is 10.6 Å². The van der Waals surface area contributed by atoms with Crippen molar-refractivity contribution >= 4 is 11.8 Å². The minimum atomic E-state index is 0.0680. The topological polar surface area (TPSA) is 33.0 Å². The molecule has 0 N–H and O–H groups in total. The molecule has 0 spiro atoms. The Labute approximate surface area is 130 Å². The molecular formula is C18H19NOS. The van der Waals surface area contributed by atoms with Crippen LogP contribution in [-0.2, 0) is 5.41 Å². The summed E-state index contributed by atoms with van der Waals surface area (Å²) in [4.78, 5) is 0.932. The maximum Gasteiger partial charge on any atom is 0.146 e. The van der Waals surface area contributed by atoms with E-state index in [2.05, 4.69) is 32.9 Å². The number of nitrogens with zero attached hydrogens (tertiary/aromatic N) is 1. The first kappa shape index (κ1) is 15.5. The van der Waals surface area contributed by atoms with E-state index < -0.39 is 0 Å². The highest BCUT2D eigenvalue weighted by Crippen LogP contribution is 2.33. The van der Waals surface area contributed by atoms with Crippen molar-refractivity contribution in [2.75, 3.05) is 6.26 Å². The smallest absolute Gasteiger partial charge is 0.146 e. The predicted octanol–water partition coefficient (Wildman–Crippen LogP) is 5.37. The molecule has 0 aliphatic rings. The van der Waals surface area contributed by atoms with Crippen LogP contribution in [0.25, 0.3) is 0 Å². The number of benzene rings is 2. The molecule has 2 aromatic carbocycles. The number of hydrogen-bond donors (Lipinski definition) is 0. The lowest BCUT2D eigenvalue weighted by Gasteiger charge is -2.20. The Hall–Kier alpha value is -1.92. The third-order valence-corrected chi connectivity index (χ3v) is 4.03. The molecule has 0 atom stereocenters. The number of nitriles is 1. The second kappa shape index (κ2) is 6.24. The normalized spacial score (nSPS) is 11.0. The molecule has 0 aromatic heterocycles. The van der Waals surface area contributed by atoms with Gasteiger partial charge in [0.25, 0.3) is 0 Å². The quantitative estimate of drug-likeness (QED) is 0.714. The van der Waals surface area contributed by atoms with Crippen LogP contribution >= 0.6 is 11.8 Å². The van der Waals surface area contributed by atoms with Crippen LogP contribution in [0.4, 0.5) is 0 Å². The van der Waals surface area contributed by atoms with E-state index in [0.29, 0.717) is 11.3 Å². The van der Waals surface area contributed by atoms with Crippen molar-refractivity contribution in [1.29, 1.82) is 5.26 Å². The first-order valence-electron chi connectivity index (χ1n) is 6.81. The third-order valence-electron chi connectivity index (χ3n) is 3.25. The average Bonchev–Trinajstić information content (AvgIpc) is 2.46. The second-order valence-electron chi connectivity index (χ2n) is 5.83. The van der Waals surface area contributed by atoms with Gasteiger partial charge in [0.15, 0.2) is 0 Å². The van der Waals surface area contributed by atoms with Crippen LogP contribution < -0.4 is 4.74 Å². The maximum absolute atomic E-state index is 9.35. The average molecular weight is 297 g/mol. The fourth-order valence-corrected chi connectivity index (χ4v) is 2.59. The SMILES string of the molecule is CSc1cccc(Oc2cccc(C(C)(C)C)c2)c1C#N. The summed E-state index contributed by atoms with van der Waals surface area (Å²) in [6.07, 6.45) is 1.96. The highest BCUT2D eigenvalue weighted by molar-refractivity contribution is 7.98. The molecule has 0 saturated heterocycles. The molecule has 0 aliphatic heterocycles. The summed E-state index contributed by atoms with van der Waals surface area (Å²) in [6, 6.07) is 15.9. The van der Waals surface area contributed by atoms with Gasteiger partial charge in [-0.2, -0.15) is 5.26 Å². The van der Waals surface area contributed by atoms with Gasteiger partial charge in [-0.15, -0.1) is 11.8 Å². The monoisotopic (exact) mass is 297 g/mol. The number of hydrogen-bond acceptors (Lipinski definition) is 3. The van der Waals surface area contributed by atoms with Gasteiger partial charge in [0.1, 0.15) is 23.1 Å². The molecule has 0 fully saturated rings. The van der Waals surface area contributed by atoms with Crippen LogP contribution in [0.2, 0.25) is 0 Å². The molecule has 0 amide bonds. The maximum atomic E-state index is 9.35. The minimum Gasteiger partial charge on any atom is -0.456 e. The van der Waals surface area contributed by atoms with Crippen LogP contribution in [0.3, 0.4) is 0 Å². The first-order valence-corrected chi connectivity index (χ1v) is 8.03. The van der Waals surface area contributed by atoms with E-state index >= 15 is 0 Å². The Morgan fingerprint density at radius 3 is 2.43 bits per heavy atom. The zero-order chi connectivity index (χ0) is 15.5. The van der Waals surface area contributed by atoms with E-state index in [1.807, 2.05) is 42.7 Å². The van der Waals surface area contributed by atoms with E-state index in [9.17, 15) is 5.26 Å². The van der Waals surface area contributed by atoms with Crippen LogP contribution in [0.1, 0.15) is 31.9 Å². The number of thioether (sulfide) groups is 1. The van der Waals surface area contributed by atoms with Gasteiger partial charge in [-0.3, -0.25) is 0 Å². The number of rotatable bonds is 3. The van der Waals surface area contributed by atoms with Crippen molar-refractivity contribution in [3.63, 3.8) is 0 Å². The minimum absolute atomic E-state index is 0.0680. The summed E-state index contributed by atoms with van der Waals surface area (Å²) >= 11 is 1.55. The van der Waals surface area contributed by atoms with Gasteiger partial charge >= 0.3 is 0 Å². The molecule has 0 radical (unpaired) electrons.